The molecule has 1 aromatic carbocycles. The van der Waals surface area contributed by atoms with E-state index in [1.54, 1.807) is 0 Å². The molecule has 0 saturated carbocycles. The molecule has 0 aromatic heterocycles. The van der Waals surface area contributed by atoms with Gasteiger partial charge in [-0.15, -0.1) is 6.42 Å². The Morgan fingerprint density at radius 1 is 1.33 bits per heavy atom. The molecule has 5 heteroatoms. The van der Waals surface area contributed by atoms with Gasteiger partial charge in [0.2, 0.25) is 0 Å². The summed E-state index contributed by atoms with van der Waals surface area (Å²) < 4.78 is 36.2. The number of alkyl halides is 3. The number of hydrogen-bond acceptors (Lipinski definition) is 1. The Kier molecular flexibility index (Phi) is 5.30. The van der Waals surface area contributed by atoms with Crippen molar-refractivity contribution in [1.29, 1.82) is 0 Å². The topological polar surface area (TPSA) is 12.0 Å². The maximum Gasteiger partial charge on any atom is 0.401 e. The lowest BCUT2D eigenvalue weighted by Gasteiger charge is -2.15. The quantitative estimate of drug-likeness (QED) is 0.623. The standard InChI is InChI=1S/C13H13BF3N/c1-2-12(18-9-13(15,16)17)7-10-4-3-5-11(6-10)8-14/h1,3-6,12,18H,7-9H2/t12-/m1/s1. The van der Waals surface area contributed by atoms with Gasteiger partial charge in [0.25, 0.3) is 0 Å². The molecule has 0 unspecified atom stereocenters. The van der Waals surface area contributed by atoms with Crippen LogP contribution in [0.25, 0.3) is 0 Å². The fourth-order valence-electron chi connectivity index (χ4n) is 1.55. The minimum atomic E-state index is -4.26. The third-order valence-corrected chi connectivity index (χ3v) is 2.42. The van der Waals surface area contributed by atoms with Gasteiger partial charge in [0.05, 0.1) is 20.4 Å². The van der Waals surface area contributed by atoms with Gasteiger partial charge >= 0.3 is 6.18 Å². The number of rotatable bonds is 5. The number of benzene rings is 1. The summed E-state index contributed by atoms with van der Waals surface area (Å²) in [4.78, 5) is 0. The van der Waals surface area contributed by atoms with E-state index in [1.165, 1.54) is 0 Å². The molecular weight excluding hydrogens is 238 g/mol. The van der Waals surface area contributed by atoms with E-state index in [0.29, 0.717) is 12.7 Å². The predicted octanol–water partition coefficient (Wildman–Crippen LogP) is 2.05. The Hall–Kier alpha value is -1.41. The number of terminal acetylenes is 1. The lowest BCUT2D eigenvalue weighted by molar-refractivity contribution is -0.125. The van der Waals surface area contributed by atoms with Crippen molar-refractivity contribution in [3.63, 3.8) is 0 Å². The molecule has 0 aliphatic rings. The Labute approximate surface area is 106 Å². The fraction of sp³-hybridized carbons (Fsp3) is 0.385. The molecule has 0 spiro atoms. The average Bonchev–Trinajstić information content (AvgIpc) is 2.33. The summed E-state index contributed by atoms with van der Waals surface area (Å²) in [5, 5.41) is 2.30. The highest BCUT2D eigenvalue weighted by molar-refractivity contribution is 6.08. The van der Waals surface area contributed by atoms with Gasteiger partial charge in [-0.1, -0.05) is 42.1 Å². The van der Waals surface area contributed by atoms with E-state index in [-0.39, 0.29) is 0 Å². The summed E-state index contributed by atoms with van der Waals surface area (Å²) in [5.41, 5.74) is 1.80. The van der Waals surface area contributed by atoms with Gasteiger partial charge in [0.1, 0.15) is 0 Å². The van der Waals surface area contributed by atoms with E-state index in [2.05, 4.69) is 11.2 Å². The van der Waals surface area contributed by atoms with Crippen LogP contribution in [0, 0.1) is 12.3 Å². The van der Waals surface area contributed by atoms with Crippen molar-refractivity contribution < 1.29 is 13.2 Å². The molecule has 0 fully saturated rings. The molecule has 0 aliphatic heterocycles. The minimum absolute atomic E-state index is 0.348. The summed E-state index contributed by atoms with van der Waals surface area (Å²) in [5.74, 6) is 2.32. The highest BCUT2D eigenvalue weighted by Gasteiger charge is 2.27. The first-order valence-corrected chi connectivity index (χ1v) is 5.49. The normalized spacial score (nSPS) is 13.0. The van der Waals surface area contributed by atoms with Gasteiger partial charge in [0, 0.05) is 0 Å². The van der Waals surface area contributed by atoms with Crippen molar-refractivity contribution >= 4 is 7.85 Å². The van der Waals surface area contributed by atoms with E-state index in [9.17, 15) is 13.2 Å². The summed E-state index contributed by atoms with van der Waals surface area (Å²) in [7, 11) is 5.49. The van der Waals surface area contributed by atoms with Gasteiger partial charge in [-0.25, -0.2) is 0 Å². The molecule has 0 amide bonds. The van der Waals surface area contributed by atoms with Crippen LogP contribution in [0.1, 0.15) is 11.1 Å². The zero-order chi connectivity index (χ0) is 13.6. The Bertz CT molecular complexity index is 423. The molecule has 0 bridgehead atoms. The van der Waals surface area contributed by atoms with Crippen molar-refractivity contribution in [2.45, 2.75) is 25.0 Å². The molecular formula is C13H13BF3N. The first kappa shape index (κ1) is 14.7. The summed E-state index contributed by atoms with van der Waals surface area (Å²) in [6, 6.07) is 6.70. The average molecular weight is 251 g/mol. The maximum atomic E-state index is 12.1. The second kappa shape index (κ2) is 6.51. The van der Waals surface area contributed by atoms with Crippen molar-refractivity contribution in [1.82, 2.24) is 5.32 Å². The SMILES string of the molecule is [B]Cc1cccc(C[C@@H](C#C)NCC(F)(F)F)c1. The van der Waals surface area contributed by atoms with Gasteiger partial charge in [0.15, 0.2) is 0 Å². The van der Waals surface area contributed by atoms with Gasteiger partial charge < -0.3 is 0 Å². The molecule has 0 saturated heterocycles. The molecule has 2 radical (unpaired) electrons. The van der Waals surface area contributed by atoms with Gasteiger partial charge in [-0.2, -0.15) is 13.2 Å². The van der Waals surface area contributed by atoms with E-state index < -0.39 is 18.8 Å². The lowest BCUT2D eigenvalue weighted by Crippen LogP contribution is -2.37. The highest BCUT2D eigenvalue weighted by atomic mass is 19.4. The Morgan fingerprint density at radius 2 is 2.00 bits per heavy atom. The van der Waals surface area contributed by atoms with Crippen LogP contribution < -0.4 is 5.32 Å². The van der Waals surface area contributed by atoms with E-state index >= 15 is 0 Å². The van der Waals surface area contributed by atoms with Crippen molar-refractivity contribution in [2.75, 3.05) is 6.54 Å². The molecule has 1 atom stereocenters. The van der Waals surface area contributed by atoms with Crippen LogP contribution in [0.5, 0.6) is 0 Å². The molecule has 0 aliphatic carbocycles. The van der Waals surface area contributed by atoms with Crippen molar-refractivity contribution in [3.8, 4) is 12.3 Å². The Balaban J connectivity index is 2.60. The van der Waals surface area contributed by atoms with Crippen LogP contribution in [-0.2, 0) is 12.7 Å². The van der Waals surface area contributed by atoms with Crippen LogP contribution in [-0.4, -0.2) is 26.6 Å². The van der Waals surface area contributed by atoms with Gasteiger partial charge in [-0.3, -0.25) is 5.32 Å². The van der Waals surface area contributed by atoms with Crippen LogP contribution in [0.3, 0.4) is 0 Å². The van der Waals surface area contributed by atoms with Crippen LogP contribution in [0.15, 0.2) is 24.3 Å². The summed E-state index contributed by atoms with van der Waals surface area (Å²) in [6.07, 6.45) is 1.70. The number of nitrogens with one attached hydrogen (secondary N) is 1. The van der Waals surface area contributed by atoms with Crippen LogP contribution in [0.4, 0.5) is 13.2 Å². The molecule has 1 aromatic rings. The van der Waals surface area contributed by atoms with E-state index in [1.807, 2.05) is 24.3 Å². The Morgan fingerprint density at radius 3 is 2.56 bits per heavy atom. The second-order valence-electron chi connectivity index (χ2n) is 3.94. The summed E-state index contributed by atoms with van der Waals surface area (Å²) in [6.45, 7) is -1.08. The zero-order valence-corrected chi connectivity index (χ0v) is 9.80. The van der Waals surface area contributed by atoms with E-state index in [4.69, 9.17) is 14.3 Å². The smallest absolute Gasteiger partial charge is 0.295 e. The van der Waals surface area contributed by atoms with E-state index in [0.717, 1.165) is 11.1 Å². The number of hydrogen-bond donors (Lipinski definition) is 1. The third-order valence-electron chi connectivity index (χ3n) is 2.42. The summed E-state index contributed by atoms with van der Waals surface area (Å²) >= 11 is 0. The first-order valence-electron chi connectivity index (χ1n) is 5.49. The molecule has 1 N–H and O–H groups in total. The molecule has 1 rings (SSSR count). The minimum Gasteiger partial charge on any atom is -0.295 e. The maximum absolute atomic E-state index is 12.1. The highest BCUT2D eigenvalue weighted by Crippen LogP contribution is 2.13. The van der Waals surface area contributed by atoms with Crippen molar-refractivity contribution in [3.05, 3.63) is 35.4 Å². The predicted molar refractivity (Wildman–Crippen MR) is 66.3 cm³/mol. The van der Waals surface area contributed by atoms with Crippen molar-refractivity contribution in [2.24, 2.45) is 0 Å². The second-order valence-corrected chi connectivity index (χ2v) is 3.94. The zero-order valence-electron chi connectivity index (χ0n) is 9.80. The van der Waals surface area contributed by atoms with Crippen LogP contribution in [0.2, 0.25) is 0 Å². The third kappa shape index (κ3) is 5.28. The molecule has 94 valence electrons. The monoisotopic (exact) mass is 251 g/mol. The molecule has 18 heavy (non-hydrogen) atoms. The first-order chi connectivity index (χ1) is 8.44. The number of halogens is 3. The molecule has 1 nitrogen and oxygen atoms in total. The van der Waals surface area contributed by atoms with Crippen LogP contribution >= 0.6 is 0 Å². The largest absolute Gasteiger partial charge is 0.401 e. The fourth-order valence-corrected chi connectivity index (χ4v) is 1.55. The van der Waals surface area contributed by atoms with Gasteiger partial charge in [-0.05, 0) is 12.0 Å². The molecule has 0 heterocycles. The lowest BCUT2D eigenvalue weighted by atomic mass is 9.94.